The van der Waals surface area contributed by atoms with Gasteiger partial charge in [-0.05, 0) is 49.6 Å². The highest BCUT2D eigenvalue weighted by Crippen LogP contribution is 2.23. The number of H-pyrrole nitrogens is 1. The molecule has 4 rings (SSSR count). The van der Waals surface area contributed by atoms with Crippen LogP contribution in [0.3, 0.4) is 0 Å². The van der Waals surface area contributed by atoms with Gasteiger partial charge in [0, 0.05) is 42.0 Å². The Morgan fingerprint density at radius 3 is 2.83 bits per heavy atom. The van der Waals surface area contributed by atoms with Crippen molar-refractivity contribution in [2.24, 2.45) is 0 Å². The third-order valence-electron chi connectivity index (χ3n) is 5.17. The number of halogens is 1. The number of amides is 1. The second-order valence-corrected chi connectivity index (χ2v) is 7.02. The standard InChI is InChI=1S/C22H22FN5O/c1-14-19(12-17-13-26-21-18(17)7-5-10-24-21)15(2)28(27-14)22(29)25-11-9-16-6-3-4-8-20(16)23/h3-8,10,13H,9,11-12H2,1-2H3,(H,24,26)(H,25,29). The van der Waals surface area contributed by atoms with Gasteiger partial charge in [0.1, 0.15) is 11.5 Å². The zero-order chi connectivity index (χ0) is 20.4. The van der Waals surface area contributed by atoms with Gasteiger partial charge >= 0.3 is 6.03 Å². The number of aromatic amines is 1. The van der Waals surface area contributed by atoms with Crippen LogP contribution < -0.4 is 5.32 Å². The van der Waals surface area contributed by atoms with Crippen LogP contribution in [0.25, 0.3) is 11.0 Å². The summed E-state index contributed by atoms with van der Waals surface area (Å²) in [5.74, 6) is -0.261. The molecule has 0 bridgehead atoms. The van der Waals surface area contributed by atoms with Crippen molar-refractivity contribution in [3.05, 3.63) is 82.7 Å². The lowest BCUT2D eigenvalue weighted by molar-refractivity contribution is 0.239. The summed E-state index contributed by atoms with van der Waals surface area (Å²) < 4.78 is 15.1. The van der Waals surface area contributed by atoms with E-state index in [4.69, 9.17) is 0 Å². The predicted octanol–water partition coefficient (Wildman–Crippen LogP) is 3.91. The molecule has 0 aliphatic carbocycles. The third-order valence-corrected chi connectivity index (χ3v) is 5.17. The van der Waals surface area contributed by atoms with E-state index in [1.807, 2.05) is 32.2 Å². The molecule has 2 N–H and O–H groups in total. The summed E-state index contributed by atoms with van der Waals surface area (Å²) in [6.07, 6.45) is 4.78. The van der Waals surface area contributed by atoms with Crippen molar-refractivity contribution in [1.29, 1.82) is 0 Å². The van der Waals surface area contributed by atoms with Crippen LogP contribution in [0.1, 0.15) is 28.1 Å². The number of nitrogens with one attached hydrogen (secondary N) is 2. The number of carbonyl (C=O) groups excluding carboxylic acids is 1. The molecule has 3 heterocycles. The van der Waals surface area contributed by atoms with Gasteiger partial charge in [0.15, 0.2) is 0 Å². The Balaban J connectivity index is 1.48. The fraction of sp³-hybridized carbons (Fsp3) is 0.227. The number of aryl methyl sites for hydroxylation is 1. The lowest BCUT2D eigenvalue weighted by Crippen LogP contribution is -2.32. The topological polar surface area (TPSA) is 75.6 Å². The number of aromatic nitrogens is 4. The van der Waals surface area contributed by atoms with Crippen molar-refractivity contribution in [3.8, 4) is 0 Å². The Hall–Kier alpha value is -3.48. The summed E-state index contributed by atoms with van der Waals surface area (Å²) in [5, 5.41) is 8.31. The molecule has 0 aliphatic rings. The smallest absolute Gasteiger partial charge is 0.342 e. The molecule has 3 aromatic heterocycles. The number of carbonyl (C=O) groups is 1. The molecule has 148 valence electrons. The summed E-state index contributed by atoms with van der Waals surface area (Å²) in [4.78, 5) is 20.1. The number of hydrogen-bond acceptors (Lipinski definition) is 3. The quantitative estimate of drug-likeness (QED) is 0.542. The van der Waals surface area contributed by atoms with Crippen molar-refractivity contribution in [2.75, 3.05) is 6.54 Å². The maximum absolute atomic E-state index is 13.7. The van der Waals surface area contributed by atoms with Crippen LogP contribution in [0.4, 0.5) is 9.18 Å². The molecule has 6 nitrogen and oxygen atoms in total. The van der Waals surface area contributed by atoms with E-state index in [0.717, 1.165) is 33.5 Å². The second-order valence-electron chi connectivity index (χ2n) is 7.02. The van der Waals surface area contributed by atoms with E-state index in [-0.39, 0.29) is 11.8 Å². The summed E-state index contributed by atoms with van der Waals surface area (Å²) >= 11 is 0. The molecule has 0 unspecified atom stereocenters. The van der Waals surface area contributed by atoms with Gasteiger partial charge in [-0.25, -0.2) is 14.2 Å². The summed E-state index contributed by atoms with van der Waals surface area (Å²) in [6.45, 7) is 4.12. The van der Waals surface area contributed by atoms with E-state index >= 15 is 0 Å². The van der Waals surface area contributed by atoms with Crippen LogP contribution in [-0.2, 0) is 12.8 Å². The molecule has 0 spiro atoms. The fourth-order valence-electron chi connectivity index (χ4n) is 3.56. The summed E-state index contributed by atoms with van der Waals surface area (Å²) in [5.41, 5.74) is 5.15. The zero-order valence-electron chi connectivity index (χ0n) is 16.4. The fourth-order valence-corrected chi connectivity index (χ4v) is 3.56. The highest BCUT2D eigenvalue weighted by molar-refractivity contribution is 5.80. The van der Waals surface area contributed by atoms with Gasteiger partial charge in [0.05, 0.1) is 5.69 Å². The monoisotopic (exact) mass is 391 g/mol. The van der Waals surface area contributed by atoms with Gasteiger partial charge in [-0.3, -0.25) is 0 Å². The highest BCUT2D eigenvalue weighted by Gasteiger charge is 2.18. The van der Waals surface area contributed by atoms with Gasteiger partial charge in [0.25, 0.3) is 0 Å². The van der Waals surface area contributed by atoms with Gasteiger partial charge in [-0.2, -0.15) is 9.78 Å². The molecule has 1 amide bonds. The predicted molar refractivity (Wildman–Crippen MR) is 110 cm³/mol. The van der Waals surface area contributed by atoms with Crippen molar-refractivity contribution in [1.82, 2.24) is 25.1 Å². The first kappa shape index (κ1) is 18.9. The molecule has 0 saturated carbocycles. The second kappa shape index (κ2) is 7.87. The number of rotatable bonds is 5. The molecule has 29 heavy (non-hydrogen) atoms. The molecule has 0 saturated heterocycles. The Labute approximate surface area is 167 Å². The van der Waals surface area contributed by atoms with E-state index in [1.165, 1.54) is 10.7 Å². The molecule has 0 fully saturated rings. The molecule has 0 radical (unpaired) electrons. The van der Waals surface area contributed by atoms with Crippen LogP contribution in [0.5, 0.6) is 0 Å². The molecule has 1 aromatic carbocycles. The van der Waals surface area contributed by atoms with E-state index in [2.05, 4.69) is 20.4 Å². The van der Waals surface area contributed by atoms with Crippen LogP contribution in [-0.4, -0.2) is 32.3 Å². The Kier molecular flexibility index (Phi) is 5.12. The lowest BCUT2D eigenvalue weighted by Gasteiger charge is -2.08. The van der Waals surface area contributed by atoms with E-state index in [9.17, 15) is 9.18 Å². The van der Waals surface area contributed by atoms with E-state index < -0.39 is 0 Å². The Morgan fingerprint density at radius 2 is 2.00 bits per heavy atom. The van der Waals surface area contributed by atoms with E-state index in [0.29, 0.717) is 24.9 Å². The molecule has 7 heteroatoms. The largest absolute Gasteiger partial charge is 0.346 e. The molecular formula is C22H22FN5O. The molecule has 0 atom stereocenters. The first-order chi connectivity index (χ1) is 14.0. The number of hydrogen-bond donors (Lipinski definition) is 2. The van der Waals surface area contributed by atoms with Gasteiger partial charge in [-0.15, -0.1) is 0 Å². The maximum atomic E-state index is 13.7. The number of benzene rings is 1. The summed E-state index contributed by atoms with van der Waals surface area (Å²) in [6, 6.07) is 10.2. The SMILES string of the molecule is Cc1nn(C(=O)NCCc2ccccc2F)c(C)c1Cc1c[nH]c2ncccc12. The molecule has 4 aromatic rings. The normalized spacial score (nSPS) is 11.1. The van der Waals surface area contributed by atoms with Gasteiger partial charge < -0.3 is 10.3 Å². The Morgan fingerprint density at radius 1 is 1.17 bits per heavy atom. The van der Waals surface area contributed by atoms with Crippen molar-refractivity contribution >= 4 is 17.1 Å². The van der Waals surface area contributed by atoms with Gasteiger partial charge in [-0.1, -0.05) is 18.2 Å². The maximum Gasteiger partial charge on any atom is 0.342 e. The summed E-state index contributed by atoms with van der Waals surface area (Å²) in [7, 11) is 0. The molecular weight excluding hydrogens is 369 g/mol. The third kappa shape index (κ3) is 3.76. The van der Waals surface area contributed by atoms with Crippen LogP contribution in [0.15, 0.2) is 48.8 Å². The van der Waals surface area contributed by atoms with Crippen LogP contribution >= 0.6 is 0 Å². The average Bonchev–Trinajstić information content (AvgIpc) is 3.25. The minimum absolute atomic E-state index is 0.261. The number of fused-ring (bicyclic) bond motifs is 1. The highest BCUT2D eigenvalue weighted by atomic mass is 19.1. The number of pyridine rings is 1. The van der Waals surface area contributed by atoms with Gasteiger partial charge in [0.2, 0.25) is 0 Å². The first-order valence-corrected chi connectivity index (χ1v) is 9.52. The van der Waals surface area contributed by atoms with Crippen molar-refractivity contribution in [2.45, 2.75) is 26.7 Å². The van der Waals surface area contributed by atoms with Crippen LogP contribution in [0.2, 0.25) is 0 Å². The Bertz CT molecular complexity index is 1180. The lowest BCUT2D eigenvalue weighted by atomic mass is 10.0. The van der Waals surface area contributed by atoms with Crippen molar-refractivity contribution in [3.63, 3.8) is 0 Å². The minimum atomic E-state index is -0.311. The van der Waals surface area contributed by atoms with E-state index in [1.54, 1.807) is 24.4 Å². The number of nitrogens with zero attached hydrogens (tertiary/aromatic N) is 3. The van der Waals surface area contributed by atoms with Crippen LogP contribution in [0, 0.1) is 19.7 Å². The minimum Gasteiger partial charge on any atom is -0.346 e. The zero-order valence-corrected chi connectivity index (χ0v) is 16.4. The van der Waals surface area contributed by atoms with Crippen molar-refractivity contribution < 1.29 is 9.18 Å². The first-order valence-electron chi connectivity index (χ1n) is 9.52. The molecule has 0 aliphatic heterocycles. The average molecular weight is 391 g/mol.